The molecule has 0 aliphatic carbocycles. The normalized spacial score (nSPS) is 15.0. The summed E-state index contributed by atoms with van der Waals surface area (Å²) in [6, 6.07) is 6.04. The average Bonchev–Trinajstić information content (AvgIpc) is 3.31. The number of likely N-dealkylation sites (N-methyl/N-ethyl adjacent to an activating group) is 1. The van der Waals surface area contributed by atoms with E-state index in [2.05, 4.69) is 5.32 Å². The van der Waals surface area contributed by atoms with Gasteiger partial charge < -0.3 is 24.3 Å². The van der Waals surface area contributed by atoms with E-state index in [1.54, 1.807) is 6.92 Å². The molecule has 0 radical (unpaired) electrons. The predicted molar refractivity (Wildman–Crippen MR) is 118 cm³/mol. The van der Waals surface area contributed by atoms with Crippen LogP contribution in [-0.2, 0) is 20.4 Å². The number of hydrogen-bond donors (Lipinski definition) is 1. The molecule has 9 nitrogen and oxygen atoms in total. The van der Waals surface area contributed by atoms with Gasteiger partial charge in [-0.15, -0.1) is 0 Å². The van der Waals surface area contributed by atoms with Crippen molar-refractivity contribution in [3.63, 3.8) is 0 Å². The standard InChI is InChI=1S/C22H22ClF3N2O7/c1-2-27-21(29)18(7-8-20-32-9-10-33-20)35-19-12-14(4-5-16(19)28(30)31)34-17-6-3-13(11-15(17)23)22(24,25)26/h3-6,11-12,18,20H,2,7-10H2,1H3,(H,27,29). The van der Waals surface area contributed by atoms with Crippen LogP contribution in [0.5, 0.6) is 17.2 Å². The van der Waals surface area contributed by atoms with Gasteiger partial charge in [0.05, 0.1) is 28.7 Å². The number of ether oxygens (including phenoxy) is 4. The summed E-state index contributed by atoms with van der Waals surface area (Å²) in [5.74, 6) is -0.850. The molecule has 1 amide bonds. The van der Waals surface area contributed by atoms with Crippen molar-refractivity contribution in [2.75, 3.05) is 19.8 Å². The van der Waals surface area contributed by atoms with Crippen molar-refractivity contribution in [1.29, 1.82) is 0 Å². The van der Waals surface area contributed by atoms with E-state index in [1.165, 1.54) is 12.1 Å². The maximum Gasteiger partial charge on any atom is 0.416 e. The second kappa shape index (κ2) is 11.6. The maximum absolute atomic E-state index is 12.9. The van der Waals surface area contributed by atoms with Crippen LogP contribution in [0, 0.1) is 10.1 Å². The maximum atomic E-state index is 12.9. The molecule has 1 aliphatic rings. The van der Waals surface area contributed by atoms with E-state index in [0.29, 0.717) is 32.2 Å². The van der Waals surface area contributed by atoms with Crippen LogP contribution in [0.4, 0.5) is 18.9 Å². The Labute approximate surface area is 203 Å². The van der Waals surface area contributed by atoms with Gasteiger partial charge in [-0.1, -0.05) is 11.6 Å². The lowest BCUT2D eigenvalue weighted by Crippen LogP contribution is -2.39. The van der Waals surface area contributed by atoms with Crippen LogP contribution in [0.25, 0.3) is 0 Å². The Balaban J connectivity index is 1.84. The van der Waals surface area contributed by atoms with Crippen LogP contribution >= 0.6 is 11.6 Å². The number of nitro benzene ring substituents is 1. The Hall–Kier alpha value is -3.09. The first-order chi connectivity index (χ1) is 16.6. The van der Waals surface area contributed by atoms with Crippen molar-refractivity contribution in [2.45, 2.75) is 38.3 Å². The van der Waals surface area contributed by atoms with Gasteiger partial charge in [0.15, 0.2) is 12.4 Å². The molecule has 13 heteroatoms. The van der Waals surface area contributed by atoms with Crippen molar-refractivity contribution in [1.82, 2.24) is 5.32 Å². The fraction of sp³-hybridized carbons (Fsp3) is 0.409. The Kier molecular flexibility index (Phi) is 8.76. The second-order valence-electron chi connectivity index (χ2n) is 7.38. The summed E-state index contributed by atoms with van der Waals surface area (Å²) in [6.07, 6.45) is -5.75. The zero-order valence-corrected chi connectivity index (χ0v) is 19.2. The number of nitrogens with zero attached hydrogens (tertiary/aromatic N) is 1. The largest absolute Gasteiger partial charge is 0.473 e. The summed E-state index contributed by atoms with van der Waals surface area (Å²) in [6.45, 7) is 2.87. The number of nitrogens with one attached hydrogen (secondary N) is 1. The molecular weight excluding hydrogens is 497 g/mol. The topological polar surface area (TPSA) is 109 Å². The minimum Gasteiger partial charge on any atom is -0.473 e. The van der Waals surface area contributed by atoms with E-state index in [1.807, 2.05) is 0 Å². The number of benzene rings is 2. The smallest absolute Gasteiger partial charge is 0.416 e. The first-order valence-corrected chi connectivity index (χ1v) is 11.0. The molecule has 0 bridgehead atoms. The number of hydrogen-bond acceptors (Lipinski definition) is 7. The first-order valence-electron chi connectivity index (χ1n) is 10.6. The highest BCUT2D eigenvalue weighted by Crippen LogP contribution is 2.39. The van der Waals surface area contributed by atoms with E-state index in [-0.39, 0.29) is 28.7 Å². The number of amides is 1. The van der Waals surface area contributed by atoms with Gasteiger partial charge in [0.1, 0.15) is 11.5 Å². The van der Waals surface area contributed by atoms with Crippen molar-refractivity contribution in [3.8, 4) is 17.2 Å². The van der Waals surface area contributed by atoms with Gasteiger partial charge in [0, 0.05) is 25.1 Å². The number of halogens is 4. The zero-order valence-electron chi connectivity index (χ0n) is 18.5. The summed E-state index contributed by atoms with van der Waals surface area (Å²) < 4.78 is 60.6. The van der Waals surface area contributed by atoms with Gasteiger partial charge in [-0.3, -0.25) is 14.9 Å². The van der Waals surface area contributed by atoms with Crippen LogP contribution in [0.15, 0.2) is 36.4 Å². The van der Waals surface area contributed by atoms with Crippen LogP contribution in [0.1, 0.15) is 25.3 Å². The molecule has 1 fully saturated rings. The van der Waals surface area contributed by atoms with Gasteiger partial charge >= 0.3 is 11.9 Å². The third-order valence-electron chi connectivity index (χ3n) is 4.88. The lowest BCUT2D eigenvalue weighted by Gasteiger charge is -2.20. The molecule has 1 atom stereocenters. The number of rotatable bonds is 10. The van der Waals surface area contributed by atoms with Gasteiger partial charge in [-0.05, 0) is 37.6 Å². The zero-order chi connectivity index (χ0) is 25.6. The van der Waals surface area contributed by atoms with E-state index >= 15 is 0 Å². The highest BCUT2D eigenvalue weighted by atomic mass is 35.5. The van der Waals surface area contributed by atoms with Gasteiger partial charge in [0.2, 0.25) is 5.75 Å². The molecule has 1 unspecified atom stereocenters. The van der Waals surface area contributed by atoms with Crippen molar-refractivity contribution >= 4 is 23.2 Å². The molecule has 35 heavy (non-hydrogen) atoms. The van der Waals surface area contributed by atoms with E-state index in [0.717, 1.165) is 18.2 Å². The van der Waals surface area contributed by atoms with Crippen molar-refractivity contribution in [2.24, 2.45) is 0 Å². The van der Waals surface area contributed by atoms with Gasteiger partial charge in [-0.2, -0.15) is 13.2 Å². The fourth-order valence-electron chi connectivity index (χ4n) is 3.24. The van der Waals surface area contributed by atoms with Crippen LogP contribution in [-0.4, -0.2) is 43.0 Å². The Morgan fingerprint density at radius 2 is 1.94 bits per heavy atom. The Morgan fingerprint density at radius 1 is 1.23 bits per heavy atom. The third-order valence-corrected chi connectivity index (χ3v) is 5.18. The lowest BCUT2D eigenvalue weighted by atomic mass is 10.1. The molecule has 2 aromatic rings. The predicted octanol–water partition coefficient (Wildman–Crippen LogP) is 5.10. The van der Waals surface area contributed by atoms with Gasteiger partial charge in [0.25, 0.3) is 5.91 Å². The molecule has 1 aliphatic heterocycles. The summed E-state index contributed by atoms with van der Waals surface area (Å²) in [5.41, 5.74) is -1.39. The summed E-state index contributed by atoms with van der Waals surface area (Å²) in [4.78, 5) is 23.4. The molecule has 1 saturated heterocycles. The molecular formula is C22H22ClF3N2O7. The fourth-order valence-corrected chi connectivity index (χ4v) is 3.46. The van der Waals surface area contributed by atoms with Gasteiger partial charge in [-0.25, -0.2) is 0 Å². The Morgan fingerprint density at radius 3 is 2.54 bits per heavy atom. The van der Waals surface area contributed by atoms with Crippen LogP contribution in [0.2, 0.25) is 5.02 Å². The minimum absolute atomic E-state index is 0.00404. The van der Waals surface area contributed by atoms with Crippen LogP contribution < -0.4 is 14.8 Å². The second-order valence-corrected chi connectivity index (χ2v) is 7.79. The number of alkyl halides is 3. The molecule has 3 rings (SSSR count). The number of nitro groups is 1. The molecule has 0 spiro atoms. The Bertz CT molecular complexity index is 1060. The highest BCUT2D eigenvalue weighted by Gasteiger charge is 2.31. The summed E-state index contributed by atoms with van der Waals surface area (Å²) in [5, 5.41) is 13.8. The monoisotopic (exact) mass is 518 g/mol. The van der Waals surface area contributed by atoms with Crippen molar-refractivity contribution < 1.29 is 41.8 Å². The van der Waals surface area contributed by atoms with E-state index in [4.69, 9.17) is 30.5 Å². The molecule has 1 heterocycles. The molecule has 0 saturated carbocycles. The quantitative estimate of drug-likeness (QED) is 0.344. The highest BCUT2D eigenvalue weighted by molar-refractivity contribution is 6.32. The van der Waals surface area contributed by atoms with E-state index < -0.39 is 40.7 Å². The van der Waals surface area contributed by atoms with Crippen molar-refractivity contribution in [3.05, 3.63) is 57.1 Å². The molecule has 190 valence electrons. The lowest BCUT2D eigenvalue weighted by molar-refractivity contribution is -0.386. The third kappa shape index (κ3) is 7.20. The SMILES string of the molecule is CCNC(=O)C(CCC1OCCO1)Oc1cc(Oc2ccc(C(F)(F)F)cc2Cl)ccc1[N+](=O)[O-]. The summed E-state index contributed by atoms with van der Waals surface area (Å²) in [7, 11) is 0. The molecule has 0 aromatic heterocycles. The first kappa shape index (κ1) is 26.5. The molecule has 2 aromatic carbocycles. The summed E-state index contributed by atoms with van der Waals surface area (Å²) >= 11 is 5.93. The molecule has 1 N–H and O–H groups in total. The van der Waals surface area contributed by atoms with E-state index in [9.17, 15) is 28.1 Å². The number of carbonyl (C=O) groups excluding carboxylic acids is 1. The van der Waals surface area contributed by atoms with Crippen LogP contribution in [0.3, 0.4) is 0 Å². The minimum atomic E-state index is -4.58. The number of carbonyl (C=O) groups is 1. The average molecular weight is 519 g/mol.